The minimum absolute atomic E-state index is 0.0923. The number of thiophene rings is 1. The Labute approximate surface area is 108 Å². The average Bonchev–Trinajstić information content (AvgIpc) is 3.02. The number of carbonyl (C=O) groups excluding carboxylic acids is 1. The molecule has 18 heavy (non-hydrogen) atoms. The number of nitrogens with one attached hydrogen (secondary N) is 1. The Hall–Kier alpha value is -1.56. The van der Waals surface area contributed by atoms with Gasteiger partial charge in [-0.15, -0.1) is 0 Å². The van der Waals surface area contributed by atoms with Gasteiger partial charge in [-0.25, -0.2) is 4.79 Å². The van der Waals surface area contributed by atoms with E-state index in [2.05, 4.69) is 5.32 Å². The SMILES string of the molecule is O=C(O)C1CC2CCC1N2C(=O)Nc1ccsc1. The highest BCUT2D eigenvalue weighted by atomic mass is 32.1. The number of fused-ring (bicyclic) bond motifs is 2. The number of hydrogen-bond donors (Lipinski definition) is 2. The lowest BCUT2D eigenvalue weighted by Crippen LogP contribution is -2.40. The van der Waals surface area contributed by atoms with E-state index in [9.17, 15) is 9.59 Å². The predicted octanol–water partition coefficient (Wildman–Crippen LogP) is 2.22. The normalized spacial score (nSPS) is 29.6. The molecular formula is C12H14N2O3S. The topological polar surface area (TPSA) is 69.6 Å². The molecule has 0 aliphatic carbocycles. The number of urea groups is 1. The van der Waals surface area contributed by atoms with E-state index in [1.807, 2.05) is 16.8 Å². The van der Waals surface area contributed by atoms with Crippen LogP contribution in [-0.2, 0) is 4.79 Å². The molecule has 2 bridgehead atoms. The van der Waals surface area contributed by atoms with Crippen LogP contribution in [0.4, 0.5) is 10.5 Å². The fraction of sp³-hybridized carbons (Fsp3) is 0.500. The molecule has 0 spiro atoms. The van der Waals surface area contributed by atoms with Gasteiger partial charge in [0.05, 0.1) is 11.6 Å². The van der Waals surface area contributed by atoms with Crippen LogP contribution in [0.3, 0.4) is 0 Å². The lowest BCUT2D eigenvalue weighted by Gasteiger charge is -2.23. The number of hydrogen-bond acceptors (Lipinski definition) is 3. The Morgan fingerprint density at radius 2 is 2.28 bits per heavy atom. The highest BCUT2D eigenvalue weighted by molar-refractivity contribution is 7.08. The van der Waals surface area contributed by atoms with Gasteiger partial charge >= 0.3 is 12.0 Å². The maximum Gasteiger partial charge on any atom is 0.322 e. The highest BCUT2D eigenvalue weighted by Gasteiger charge is 2.51. The monoisotopic (exact) mass is 266 g/mol. The van der Waals surface area contributed by atoms with Gasteiger partial charge < -0.3 is 15.3 Å². The van der Waals surface area contributed by atoms with Crippen LogP contribution in [-0.4, -0.2) is 34.1 Å². The number of aliphatic carboxylic acids is 1. The van der Waals surface area contributed by atoms with Crippen LogP contribution in [0, 0.1) is 5.92 Å². The molecule has 5 nitrogen and oxygen atoms in total. The Morgan fingerprint density at radius 1 is 1.44 bits per heavy atom. The van der Waals surface area contributed by atoms with Crippen molar-refractivity contribution in [2.75, 3.05) is 5.32 Å². The maximum absolute atomic E-state index is 12.2. The highest BCUT2D eigenvalue weighted by Crippen LogP contribution is 2.42. The minimum Gasteiger partial charge on any atom is -0.481 e. The van der Waals surface area contributed by atoms with Crippen molar-refractivity contribution in [1.29, 1.82) is 0 Å². The molecule has 1 aromatic rings. The van der Waals surface area contributed by atoms with E-state index in [0.29, 0.717) is 6.42 Å². The molecular weight excluding hydrogens is 252 g/mol. The van der Waals surface area contributed by atoms with E-state index in [1.54, 1.807) is 4.90 Å². The van der Waals surface area contributed by atoms with E-state index < -0.39 is 11.9 Å². The van der Waals surface area contributed by atoms with E-state index in [0.717, 1.165) is 18.5 Å². The number of carboxylic acid groups (broad SMARTS) is 1. The summed E-state index contributed by atoms with van der Waals surface area (Å²) in [6.45, 7) is 0. The number of rotatable bonds is 2. The van der Waals surface area contributed by atoms with Gasteiger partial charge in [-0.05, 0) is 30.7 Å². The first kappa shape index (κ1) is 11.5. The van der Waals surface area contributed by atoms with Crippen molar-refractivity contribution in [1.82, 2.24) is 4.90 Å². The smallest absolute Gasteiger partial charge is 0.322 e. The third-order valence-corrected chi connectivity index (χ3v) is 4.54. The molecule has 0 radical (unpaired) electrons. The summed E-state index contributed by atoms with van der Waals surface area (Å²) >= 11 is 1.52. The van der Waals surface area contributed by atoms with Gasteiger partial charge in [0.2, 0.25) is 0 Å². The van der Waals surface area contributed by atoms with Crippen LogP contribution in [0.2, 0.25) is 0 Å². The second-order valence-electron chi connectivity index (χ2n) is 4.83. The average molecular weight is 266 g/mol. The Balaban J connectivity index is 1.73. The van der Waals surface area contributed by atoms with Gasteiger partial charge in [-0.1, -0.05) is 0 Å². The van der Waals surface area contributed by atoms with Crippen molar-refractivity contribution in [3.63, 3.8) is 0 Å². The molecule has 2 N–H and O–H groups in total. The van der Waals surface area contributed by atoms with Gasteiger partial charge in [0, 0.05) is 17.5 Å². The zero-order valence-electron chi connectivity index (χ0n) is 9.70. The molecule has 3 heterocycles. The van der Waals surface area contributed by atoms with Crippen LogP contribution < -0.4 is 5.32 Å². The quantitative estimate of drug-likeness (QED) is 0.862. The van der Waals surface area contributed by atoms with Crippen molar-refractivity contribution < 1.29 is 14.7 Å². The van der Waals surface area contributed by atoms with Crippen molar-refractivity contribution >= 4 is 29.0 Å². The molecule has 1 aromatic heterocycles. The molecule has 2 saturated heterocycles. The van der Waals surface area contributed by atoms with Crippen LogP contribution in [0.25, 0.3) is 0 Å². The van der Waals surface area contributed by atoms with Crippen LogP contribution in [0.15, 0.2) is 16.8 Å². The molecule has 96 valence electrons. The summed E-state index contributed by atoms with van der Waals surface area (Å²) < 4.78 is 0. The third kappa shape index (κ3) is 1.77. The van der Waals surface area contributed by atoms with Gasteiger partial charge in [-0.3, -0.25) is 4.79 Å². The molecule has 2 aliphatic rings. The number of carbonyl (C=O) groups is 2. The summed E-state index contributed by atoms with van der Waals surface area (Å²) in [6, 6.07) is 1.64. The lowest BCUT2D eigenvalue weighted by molar-refractivity contribution is -0.142. The fourth-order valence-corrected chi connectivity index (χ4v) is 3.68. The summed E-state index contributed by atoms with van der Waals surface area (Å²) in [7, 11) is 0. The molecule has 2 fully saturated rings. The zero-order chi connectivity index (χ0) is 12.7. The van der Waals surface area contributed by atoms with Gasteiger partial charge in [0.25, 0.3) is 0 Å². The molecule has 6 heteroatoms. The third-order valence-electron chi connectivity index (χ3n) is 3.86. The summed E-state index contributed by atoms with van der Waals surface area (Å²) in [5, 5.41) is 15.7. The fourth-order valence-electron chi connectivity index (χ4n) is 3.09. The largest absolute Gasteiger partial charge is 0.481 e. The molecule has 3 unspecified atom stereocenters. The van der Waals surface area contributed by atoms with Gasteiger partial charge in [0.15, 0.2) is 0 Å². The van der Waals surface area contributed by atoms with E-state index in [4.69, 9.17) is 5.11 Å². The first-order chi connectivity index (χ1) is 8.66. The summed E-state index contributed by atoms with van der Waals surface area (Å²) in [4.78, 5) is 25.0. The predicted molar refractivity (Wildman–Crippen MR) is 67.7 cm³/mol. The Morgan fingerprint density at radius 3 is 2.89 bits per heavy atom. The second kappa shape index (κ2) is 4.28. The van der Waals surface area contributed by atoms with E-state index in [-0.39, 0.29) is 18.1 Å². The van der Waals surface area contributed by atoms with Gasteiger partial charge in [0.1, 0.15) is 0 Å². The molecule has 2 amide bonds. The Bertz CT molecular complexity index is 474. The minimum atomic E-state index is -0.782. The second-order valence-corrected chi connectivity index (χ2v) is 5.61. The van der Waals surface area contributed by atoms with Crippen molar-refractivity contribution in [3.8, 4) is 0 Å². The Kier molecular flexibility index (Phi) is 2.74. The van der Waals surface area contributed by atoms with E-state index in [1.165, 1.54) is 11.3 Å². The van der Waals surface area contributed by atoms with Crippen LogP contribution in [0.1, 0.15) is 19.3 Å². The number of anilines is 1. The lowest BCUT2D eigenvalue weighted by atomic mass is 9.89. The molecule has 3 atom stereocenters. The summed E-state index contributed by atoms with van der Waals surface area (Å²) in [5.74, 6) is -1.17. The van der Waals surface area contributed by atoms with Crippen molar-refractivity contribution in [2.45, 2.75) is 31.3 Å². The number of nitrogens with zero attached hydrogens (tertiary/aromatic N) is 1. The standard InChI is InChI=1S/C12H14N2O3S/c15-11(16)9-5-8-1-2-10(9)14(8)12(17)13-7-3-4-18-6-7/h3-4,6,8-10H,1-2,5H2,(H,13,17)(H,15,16). The van der Waals surface area contributed by atoms with E-state index >= 15 is 0 Å². The first-order valence-corrected chi connectivity index (χ1v) is 6.95. The number of carboxylic acids is 1. The molecule has 0 aromatic carbocycles. The molecule has 0 saturated carbocycles. The summed E-state index contributed by atoms with van der Waals surface area (Å²) in [5.41, 5.74) is 0.781. The van der Waals surface area contributed by atoms with Crippen LogP contribution in [0.5, 0.6) is 0 Å². The summed E-state index contributed by atoms with van der Waals surface area (Å²) in [6.07, 6.45) is 2.32. The first-order valence-electron chi connectivity index (χ1n) is 6.01. The molecule has 2 aliphatic heterocycles. The maximum atomic E-state index is 12.2. The molecule has 3 rings (SSSR count). The van der Waals surface area contributed by atoms with Crippen molar-refractivity contribution in [2.24, 2.45) is 5.92 Å². The zero-order valence-corrected chi connectivity index (χ0v) is 10.5. The van der Waals surface area contributed by atoms with Gasteiger partial charge in [-0.2, -0.15) is 11.3 Å². The van der Waals surface area contributed by atoms with Crippen LogP contribution >= 0.6 is 11.3 Å². The van der Waals surface area contributed by atoms with Crippen molar-refractivity contribution in [3.05, 3.63) is 16.8 Å². The number of amides is 2.